The fourth-order valence-electron chi connectivity index (χ4n) is 1.63. The van der Waals surface area contributed by atoms with E-state index >= 15 is 0 Å². The molecule has 0 aliphatic heterocycles. The highest BCUT2D eigenvalue weighted by Crippen LogP contribution is 2.16. The molecule has 1 aromatic rings. The van der Waals surface area contributed by atoms with E-state index in [0.29, 0.717) is 17.2 Å². The number of ether oxygens (including phenoxy) is 1. The minimum absolute atomic E-state index is 0.172. The zero-order valence-electron chi connectivity index (χ0n) is 11.4. The Morgan fingerprint density at radius 1 is 1.40 bits per heavy atom. The summed E-state index contributed by atoms with van der Waals surface area (Å²) in [5.41, 5.74) is 0. The molecule has 0 heterocycles. The summed E-state index contributed by atoms with van der Waals surface area (Å²) in [4.78, 5) is 22.7. The SMILES string of the molecule is CC(C)CC(NC(=O)COc1cccc(Cl)c1)C(=O)O. The van der Waals surface area contributed by atoms with Crippen LogP contribution in [-0.4, -0.2) is 29.6 Å². The summed E-state index contributed by atoms with van der Waals surface area (Å²) in [6.45, 7) is 3.54. The molecule has 6 heteroatoms. The number of hydrogen-bond acceptors (Lipinski definition) is 3. The topological polar surface area (TPSA) is 75.6 Å². The number of carboxylic acids is 1. The fourth-order valence-corrected chi connectivity index (χ4v) is 1.81. The second kappa shape index (κ2) is 7.75. The predicted molar refractivity (Wildman–Crippen MR) is 76.0 cm³/mol. The monoisotopic (exact) mass is 299 g/mol. The molecule has 1 unspecified atom stereocenters. The van der Waals surface area contributed by atoms with Crippen molar-refractivity contribution in [2.45, 2.75) is 26.3 Å². The van der Waals surface area contributed by atoms with Crippen LogP contribution in [-0.2, 0) is 9.59 Å². The van der Waals surface area contributed by atoms with Crippen LogP contribution in [0.2, 0.25) is 5.02 Å². The van der Waals surface area contributed by atoms with Crippen LogP contribution in [0.3, 0.4) is 0 Å². The van der Waals surface area contributed by atoms with Crippen molar-refractivity contribution in [3.63, 3.8) is 0 Å². The first-order valence-corrected chi connectivity index (χ1v) is 6.67. The highest BCUT2D eigenvalue weighted by Gasteiger charge is 2.21. The molecule has 0 bridgehead atoms. The summed E-state index contributed by atoms with van der Waals surface area (Å²) in [6, 6.07) is 5.75. The van der Waals surface area contributed by atoms with Gasteiger partial charge in [-0.2, -0.15) is 0 Å². The molecule has 0 aromatic heterocycles. The zero-order chi connectivity index (χ0) is 15.1. The fraction of sp³-hybridized carbons (Fsp3) is 0.429. The lowest BCUT2D eigenvalue weighted by Crippen LogP contribution is -2.43. The molecule has 0 saturated carbocycles. The summed E-state index contributed by atoms with van der Waals surface area (Å²) in [5.74, 6) is -0.888. The second-order valence-corrected chi connectivity index (χ2v) is 5.27. The van der Waals surface area contributed by atoms with Gasteiger partial charge in [-0.1, -0.05) is 31.5 Å². The van der Waals surface area contributed by atoms with Crippen molar-refractivity contribution in [2.75, 3.05) is 6.61 Å². The van der Waals surface area contributed by atoms with Gasteiger partial charge in [0.25, 0.3) is 5.91 Å². The smallest absolute Gasteiger partial charge is 0.326 e. The van der Waals surface area contributed by atoms with E-state index in [9.17, 15) is 9.59 Å². The first-order chi connectivity index (χ1) is 9.38. The Morgan fingerprint density at radius 2 is 2.10 bits per heavy atom. The molecule has 0 saturated heterocycles. The van der Waals surface area contributed by atoms with Gasteiger partial charge in [0.05, 0.1) is 0 Å². The van der Waals surface area contributed by atoms with Gasteiger partial charge in [-0.05, 0) is 30.5 Å². The second-order valence-electron chi connectivity index (χ2n) is 4.83. The third-order valence-electron chi connectivity index (χ3n) is 2.51. The largest absolute Gasteiger partial charge is 0.484 e. The van der Waals surface area contributed by atoms with Crippen LogP contribution in [0.5, 0.6) is 5.75 Å². The van der Waals surface area contributed by atoms with E-state index in [4.69, 9.17) is 21.4 Å². The van der Waals surface area contributed by atoms with Gasteiger partial charge in [-0.15, -0.1) is 0 Å². The van der Waals surface area contributed by atoms with Crippen molar-refractivity contribution in [3.05, 3.63) is 29.3 Å². The Bertz CT molecular complexity index is 476. The van der Waals surface area contributed by atoms with Crippen molar-refractivity contribution in [3.8, 4) is 5.75 Å². The number of nitrogens with one attached hydrogen (secondary N) is 1. The van der Waals surface area contributed by atoms with Gasteiger partial charge < -0.3 is 15.2 Å². The van der Waals surface area contributed by atoms with Crippen LogP contribution in [0.25, 0.3) is 0 Å². The quantitative estimate of drug-likeness (QED) is 0.810. The number of rotatable bonds is 7. The normalized spacial score (nSPS) is 12.0. The summed E-state index contributed by atoms with van der Waals surface area (Å²) in [7, 11) is 0. The van der Waals surface area contributed by atoms with Crippen molar-refractivity contribution in [2.24, 2.45) is 5.92 Å². The molecule has 1 atom stereocenters. The first kappa shape index (κ1) is 16.3. The van der Waals surface area contributed by atoms with Crippen LogP contribution in [0.4, 0.5) is 0 Å². The molecule has 2 N–H and O–H groups in total. The van der Waals surface area contributed by atoms with Crippen molar-refractivity contribution in [1.82, 2.24) is 5.32 Å². The predicted octanol–water partition coefficient (Wildman–Crippen LogP) is 2.33. The van der Waals surface area contributed by atoms with E-state index in [1.54, 1.807) is 24.3 Å². The number of hydrogen-bond donors (Lipinski definition) is 2. The van der Waals surface area contributed by atoms with E-state index in [2.05, 4.69) is 5.32 Å². The molecule has 1 rings (SSSR count). The number of benzene rings is 1. The van der Waals surface area contributed by atoms with Crippen LogP contribution in [0, 0.1) is 5.92 Å². The Morgan fingerprint density at radius 3 is 2.65 bits per heavy atom. The maximum atomic E-state index is 11.7. The van der Waals surface area contributed by atoms with Crippen molar-refractivity contribution in [1.29, 1.82) is 0 Å². The molecule has 0 radical (unpaired) electrons. The zero-order valence-corrected chi connectivity index (χ0v) is 12.2. The van der Waals surface area contributed by atoms with Gasteiger partial charge in [0.1, 0.15) is 11.8 Å². The van der Waals surface area contributed by atoms with Gasteiger partial charge in [-0.3, -0.25) is 4.79 Å². The Balaban J connectivity index is 2.47. The molecule has 5 nitrogen and oxygen atoms in total. The lowest BCUT2D eigenvalue weighted by atomic mass is 10.0. The summed E-state index contributed by atoms with van der Waals surface area (Å²) in [5, 5.41) is 12.0. The highest BCUT2D eigenvalue weighted by molar-refractivity contribution is 6.30. The molecule has 1 amide bonds. The van der Waals surface area contributed by atoms with E-state index in [0.717, 1.165) is 0 Å². The van der Waals surface area contributed by atoms with Gasteiger partial charge in [-0.25, -0.2) is 4.79 Å². The summed E-state index contributed by atoms with van der Waals surface area (Å²) in [6.07, 6.45) is 0.373. The molecule has 20 heavy (non-hydrogen) atoms. The van der Waals surface area contributed by atoms with E-state index in [1.165, 1.54) is 0 Å². The van der Waals surface area contributed by atoms with Gasteiger partial charge in [0.2, 0.25) is 0 Å². The molecule has 110 valence electrons. The molecule has 0 aliphatic rings. The van der Waals surface area contributed by atoms with Gasteiger partial charge >= 0.3 is 5.97 Å². The maximum Gasteiger partial charge on any atom is 0.326 e. The average molecular weight is 300 g/mol. The van der Waals surface area contributed by atoms with E-state index in [-0.39, 0.29) is 12.5 Å². The Hall–Kier alpha value is -1.75. The van der Waals surface area contributed by atoms with Gasteiger partial charge in [0.15, 0.2) is 6.61 Å². The minimum Gasteiger partial charge on any atom is -0.484 e. The average Bonchev–Trinajstić information content (AvgIpc) is 2.35. The molecular formula is C14H18ClNO4. The number of carbonyl (C=O) groups is 2. The molecule has 0 aliphatic carbocycles. The number of carboxylic acid groups (broad SMARTS) is 1. The number of carbonyl (C=O) groups excluding carboxylic acids is 1. The summed E-state index contributed by atoms with van der Waals surface area (Å²) < 4.78 is 5.24. The van der Waals surface area contributed by atoms with Crippen molar-refractivity contribution < 1.29 is 19.4 Å². The van der Waals surface area contributed by atoms with E-state index < -0.39 is 17.9 Å². The number of aliphatic carboxylic acids is 1. The lowest BCUT2D eigenvalue weighted by Gasteiger charge is -2.16. The molecular weight excluding hydrogens is 282 g/mol. The maximum absolute atomic E-state index is 11.7. The standard InChI is InChI=1S/C14H18ClNO4/c1-9(2)6-12(14(18)19)16-13(17)8-20-11-5-3-4-10(15)7-11/h3-5,7,9,12H,6,8H2,1-2H3,(H,16,17)(H,18,19). The number of amides is 1. The van der Waals surface area contributed by atoms with Crippen LogP contribution in [0.1, 0.15) is 20.3 Å². The van der Waals surface area contributed by atoms with E-state index in [1.807, 2.05) is 13.8 Å². The van der Waals surface area contributed by atoms with Crippen LogP contribution >= 0.6 is 11.6 Å². The highest BCUT2D eigenvalue weighted by atomic mass is 35.5. The third-order valence-corrected chi connectivity index (χ3v) is 2.74. The summed E-state index contributed by atoms with van der Waals surface area (Å²) >= 11 is 5.79. The van der Waals surface area contributed by atoms with Crippen LogP contribution in [0.15, 0.2) is 24.3 Å². The Kier molecular flexibility index (Phi) is 6.31. The van der Waals surface area contributed by atoms with Gasteiger partial charge in [0, 0.05) is 5.02 Å². The van der Waals surface area contributed by atoms with Crippen LogP contribution < -0.4 is 10.1 Å². The molecule has 1 aromatic carbocycles. The minimum atomic E-state index is -1.05. The van der Waals surface area contributed by atoms with Crippen molar-refractivity contribution >= 4 is 23.5 Å². The molecule has 0 fully saturated rings. The lowest BCUT2D eigenvalue weighted by molar-refractivity contribution is -0.142. The Labute approximate surface area is 122 Å². The molecule has 0 spiro atoms. The number of halogens is 1. The first-order valence-electron chi connectivity index (χ1n) is 6.29. The third kappa shape index (κ3) is 5.93.